The van der Waals surface area contributed by atoms with Gasteiger partial charge in [-0.15, -0.1) is 0 Å². The summed E-state index contributed by atoms with van der Waals surface area (Å²) in [4.78, 5) is 33.0. The number of nitrogens with zero attached hydrogens (tertiary/aromatic N) is 3. The van der Waals surface area contributed by atoms with E-state index in [1.165, 1.54) is 13.3 Å². The summed E-state index contributed by atoms with van der Waals surface area (Å²) in [5.74, 6) is -3.66. The molecule has 2 N–H and O–H groups in total. The molecule has 2 atom stereocenters. The predicted octanol–water partition coefficient (Wildman–Crippen LogP) is 5.85. The van der Waals surface area contributed by atoms with Crippen molar-refractivity contribution in [2.75, 3.05) is 31.5 Å². The third-order valence-electron chi connectivity index (χ3n) is 8.34. The van der Waals surface area contributed by atoms with Crippen LogP contribution in [0.3, 0.4) is 0 Å². The van der Waals surface area contributed by atoms with Crippen molar-refractivity contribution in [2.24, 2.45) is 0 Å². The van der Waals surface area contributed by atoms with Crippen LogP contribution < -0.4 is 9.46 Å². The normalized spacial score (nSPS) is 15.7. The summed E-state index contributed by atoms with van der Waals surface area (Å²) in [7, 11) is -3.04. The van der Waals surface area contributed by atoms with Crippen LogP contribution >= 0.6 is 0 Å². The molecule has 16 heteroatoms. The predicted molar refractivity (Wildman–Crippen MR) is 176 cm³/mol. The molecule has 262 valence electrons. The van der Waals surface area contributed by atoms with Crippen LogP contribution in [0.1, 0.15) is 52.6 Å². The van der Waals surface area contributed by atoms with Gasteiger partial charge in [0.25, 0.3) is 0 Å². The van der Waals surface area contributed by atoms with E-state index in [0.717, 1.165) is 16.4 Å². The number of aromatic nitrogens is 3. The van der Waals surface area contributed by atoms with Crippen molar-refractivity contribution in [3.8, 4) is 16.9 Å². The quantitative estimate of drug-likeness (QED) is 0.0869. The van der Waals surface area contributed by atoms with Crippen molar-refractivity contribution >= 4 is 38.7 Å². The first-order valence-corrected chi connectivity index (χ1v) is 17.0. The van der Waals surface area contributed by atoms with Crippen LogP contribution in [0.2, 0.25) is 0 Å². The molecular weight excluding hydrogens is 679 g/mol. The summed E-state index contributed by atoms with van der Waals surface area (Å²) < 4.78 is 88.4. The van der Waals surface area contributed by atoms with Gasteiger partial charge in [-0.25, -0.2) is 18.2 Å². The topological polar surface area (TPSA) is 157 Å². The molecule has 0 radical (unpaired) electrons. The van der Waals surface area contributed by atoms with Crippen LogP contribution in [-0.2, 0) is 19.7 Å². The lowest BCUT2D eigenvalue weighted by Crippen LogP contribution is -2.34. The van der Waals surface area contributed by atoms with Crippen LogP contribution in [0.25, 0.3) is 22.2 Å². The standard InChI is InChI=1S/C34H32F3N5O7S/c1-19-14-29(49-40-19)24(34(44)47-2)4-3-13-48-23-7-5-20(6-8-23)21-15-25-26(17-39-33(25)38-16-21)32(43)30-27(36)9-10-28(31(30)37)41-50(45,46)42-12-11-22(35)18-42/h5-10,14-17,22,24,41H,3-4,11-13,18H2,1-2H3,(H,38,39)/t22-,24?/m1/s1. The number of carbonyl (C=O) groups is 2. The van der Waals surface area contributed by atoms with Crippen molar-refractivity contribution in [3.63, 3.8) is 0 Å². The van der Waals surface area contributed by atoms with Gasteiger partial charge in [-0.05, 0) is 62.1 Å². The second-order valence-electron chi connectivity index (χ2n) is 11.7. The number of ether oxygens (including phenoxy) is 2. The maximum atomic E-state index is 15.6. The zero-order valence-corrected chi connectivity index (χ0v) is 27.7. The minimum Gasteiger partial charge on any atom is -0.494 e. The first kappa shape index (κ1) is 34.6. The van der Waals surface area contributed by atoms with Gasteiger partial charge in [0.15, 0.2) is 11.6 Å². The Labute approximate surface area is 284 Å². The fraction of sp³-hybridized carbons (Fsp3) is 0.294. The van der Waals surface area contributed by atoms with E-state index >= 15 is 4.39 Å². The minimum absolute atomic E-state index is 0.00295. The number of pyridine rings is 1. The van der Waals surface area contributed by atoms with Gasteiger partial charge in [-0.1, -0.05) is 17.3 Å². The molecule has 0 amide bonds. The molecule has 4 heterocycles. The number of H-pyrrole nitrogens is 1. The van der Waals surface area contributed by atoms with E-state index in [1.54, 1.807) is 49.5 Å². The first-order chi connectivity index (χ1) is 23.9. The highest BCUT2D eigenvalue weighted by Gasteiger charge is 2.33. The molecule has 2 aromatic carbocycles. The molecule has 3 aromatic heterocycles. The van der Waals surface area contributed by atoms with Crippen molar-refractivity contribution in [2.45, 2.75) is 38.3 Å². The average molecular weight is 712 g/mol. The third-order valence-corrected chi connectivity index (χ3v) is 9.82. The number of anilines is 1. The van der Waals surface area contributed by atoms with E-state index in [9.17, 15) is 26.8 Å². The smallest absolute Gasteiger partial charge is 0.316 e. The second-order valence-corrected chi connectivity index (χ2v) is 13.4. The number of nitrogens with one attached hydrogen (secondary N) is 2. The number of aromatic amines is 1. The molecule has 1 unspecified atom stereocenters. The number of aryl methyl sites for hydroxylation is 1. The molecule has 0 aliphatic carbocycles. The summed E-state index contributed by atoms with van der Waals surface area (Å²) in [5.41, 5.74) is 0.562. The van der Waals surface area contributed by atoms with E-state index in [2.05, 4.69) is 15.1 Å². The Morgan fingerprint density at radius 2 is 1.92 bits per heavy atom. The number of ketones is 1. The van der Waals surface area contributed by atoms with Gasteiger partial charge in [0, 0.05) is 48.1 Å². The van der Waals surface area contributed by atoms with Gasteiger partial charge < -0.3 is 19.0 Å². The Morgan fingerprint density at radius 1 is 1.14 bits per heavy atom. The highest BCUT2D eigenvalue weighted by molar-refractivity contribution is 7.90. The number of halogens is 3. The molecule has 1 saturated heterocycles. The van der Waals surface area contributed by atoms with E-state index < -0.39 is 63.5 Å². The molecule has 5 aromatic rings. The minimum atomic E-state index is -4.35. The lowest BCUT2D eigenvalue weighted by atomic mass is 10.00. The first-order valence-electron chi connectivity index (χ1n) is 15.6. The molecule has 12 nitrogen and oxygen atoms in total. The summed E-state index contributed by atoms with van der Waals surface area (Å²) >= 11 is 0. The van der Waals surface area contributed by atoms with E-state index in [4.69, 9.17) is 14.0 Å². The van der Waals surface area contributed by atoms with Gasteiger partial charge in [-0.3, -0.25) is 14.3 Å². The van der Waals surface area contributed by atoms with Crippen molar-refractivity contribution in [3.05, 3.63) is 95.1 Å². The average Bonchev–Trinajstić information content (AvgIpc) is 3.85. The number of fused-ring (bicyclic) bond motifs is 1. The van der Waals surface area contributed by atoms with Gasteiger partial charge in [-0.2, -0.15) is 12.7 Å². The molecule has 0 bridgehead atoms. The number of esters is 1. The number of rotatable bonds is 13. The highest BCUT2D eigenvalue weighted by atomic mass is 32.2. The third kappa shape index (κ3) is 7.21. The van der Waals surface area contributed by atoms with E-state index in [-0.39, 0.29) is 29.6 Å². The van der Waals surface area contributed by atoms with Crippen molar-refractivity contribution < 1.29 is 45.2 Å². The number of hydrogen-bond acceptors (Lipinski definition) is 9. The fourth-order valence-corrected chi connectivity index (χ4v) is 6.99. The number of carbonyl (C=O) groups excluding carboxylic acids is 2. The van der Waals surface area contributed by atoms with Crippen LogP contribution in [-0.4, -0.2) is 72.6 Å². The molecule has 1 aliphatic rings. The van der Waals surface area contributed by atoms with Gasteiger partial charge >= 0.3 is 16.2 Å². The maximum Gasteiger partial charge on any atom is 0.316 e. The molecule has 1 fully saturated rings. The van der Waals surface area contributed by atoms with Crippen LogP contribution in [0, 0.1) is 18.6 Å². The lowest BCUT2D eigenvalue weighted by molar-refractivity contribution is -0.143. The largest absolute Gasteiger partial charge is 0.494 e. The molecule has 1 aliphatic heterocycles. The second kappa shape index (κ2) is 14.3. The zero-order valence-electron chi connectivity index (χ0n) is 26.9. The monoisotopic (exact) mass is 711 g/mol. The summed E-state index contributed by atoms with van der Waals surface area (Å²) in [6.07, 6.45) is 2.44. The van der Waals surface area contributed by atoms with Crippen LogP contribution in [0.5, 0.6) is 5.75 Å². The number of benzene rings is 2. The van der Waals surface area contributed by atoms with Gasteiger partial charge in [0.2, 0.25) is 5.78 Å². The lowest BCUT2D eigenvalue weighted by Gasteiger charge is -2.18. The molecule has 6 rings (SSSR count). The Bertz CT molecular complexity index is 2150. The zero-order chi connectivity index (χ0) is 35.6. The Balaban J connectivity index is 1.15. The number of alkyl halides is 1. The van der Waals surface area contributed by atoms with Crippen molar-refractivity contribution in [1.29, 1.82) is 0 Å². The van der Waals surface area contributed by atoms with Gasteiger partial charge in [0.05, 0.1) is 30.7 Å². The van der Waals surface area contributed by atoms with Gasteiger partial charge in [0.1, 0.15) is 29.3 Å². The Morgan fingerprint density at radius 3 is 2.60 bits per heavy atom. The van der Waals surface area contributed by atoms with Crippen molar-refractivity contribution in [1.82, 2.24) is 19.4 Å². The Kier molecular flexibility index (Phi) is 9.93. The SMILES string of the molecule is COC(=O)C(CCCOc1ccc(-c2cnc3[nH]cc(C(=O)c4c(F)ccc(NS(=O)(=O)N5CC[C@@H](F)C5)c4F)c3c2)cc1)c1cc(C)no1. The molecule has 50 heavy (non-hydrogen) atoms. The van der Waals surface area contributed by atoms with Crippen LogP contribution in [0.4, 0.5) is 18.9 Å². The number of methoxy groups -OCH3 is 1. The van der Waals surface area contributed by atoms with Crippen LogP contribution in [0.15, 0.2) is 65.4 Å². The molecule has 0 saturated carbocycles. The molecular formula is C34H32F3N5O7S. The highest BCUT2D eigenvalue weighted by Crippen LogP contribution is 2.31. The number of hydrogen-bond donors (Lipinski definition) is 2. The van der Waals surface area contributed by atoms with E-state index in [1.807, 2.05) is 4.72 Å². The molecule has 0 spiro atoms. The Hall–Kier alpha value is -5.22. The fourth-order valence-electron chi connectivity index (χ4n) is 5.72. The maximum absolute atomic E-state index is 15.6. The van der Waals surface area contributed by atoms with E-state index in [0.29, 0.717) is 47.8 Å². The summed E-state index contributed by atoms with van der Waals surface area (Å²) in [6.45, 7) is 1.58. The summed E-state index contributed by atoms with van der Waals surface area (Å²) in [5, 5.41) is 4.12. The summed E-state index contributed by atoms with van der Waals surface area (Å²) in [6, 6.07) is 12.0.